The monoisotopic (exact) mass is 190 g/mol. The third kappa shape index (κ3) is 1.69. The van der Waals surface area contributed by atoms with E-state index in [0.29, 0.717) is 6.04 Å². The van der Waals surface area contributed by atoms with E-state index < -0.39 is 0 Å². The molecule has 14 heavy (non-hydrogen) atoms. The molecule has 1 heterocycles. The molecule has 0 aliphatic carbocycles. The van der Waals surface area contributed by atoms with Crippen LogP contribution in [0.2, 0.25) is 0 Å². The molecule has 0 aromatic heterocycles. The van der Waals surface area contributed by atoms with Gasteiger partial charge in [-0.05, 0) is 6.92 Å². The Morgan fingerprint density at radius 1 is 1.07 bits per heavy atom. The number of hydrogen-bond acceptors (Lipinski definition) is 0. The van der Waals surface area contributed by atoms with E-state index >= 15 is 0 Å². The molecule has 1 aliphatic heterocycles. The number of hydrogen-bond donors (Lipinski definition) is 0. The standard InChI is InChI=1S/C13H20N/c1-12(13-8-4-3-5-9-13)14(2)10-6-7-11-14/h3-5,8-9,12H,6-7,10-11H2,1-2H3/q+1. The molecule has 1 nitrogen and oxygen atoms in total. The molecule has 1 aliphatic rings. The van der Waals surface area contributed by atoms with Crippen LogP contribution >= 0.6 is 0 Å². The van der Waals surface area contributed by atoms with E-state index in [0.717, 1.165) is 0 Å². The lowest BCUT2D eigenvalue weighted by atomic mass is 10.1. The molecule has 1 saturated heterocycles. The molecule has 76 valence electrons. The van der Waals surface area contributed by atoms with Crippen molar-refractivity contribution in [3.05, 3.63) is 35.9 Å². The molecular weight excluding hydrogens is 170 g/mol. The minimum atomic E-state index is 0.652. The van der Waals surface area contributed by atoms with Gasteiger partial charge in [0.05, 0.1) is 20.1 Å². The Hall–Kier alpha value is -0.820. The molecule has 0 bridgehead atoms. The second kappa shape index (κ2) is 3.74. The fourth-order valence-electron chi connectivity index (χ4n) is 2.54. The Morgan fingerprint density at radius 2 is 1.64 bits per heavy atom. The number of quaternary nitrogens is 1. The smallest absolute Gasteiger partial charge is 0.112 e. The van der Waals surface area contributed by atoms with Crippen molar-refractivity contribution in [1.82, 2.24) is 0 Å². The van der Waals surface area contributed by atoms with E-state index in [1.165, 1.54) is 36.0 Å². The van der Waals surface area contributed by atoms with Gasteiger partial charge in [0, 0.05) is 18.4 Å². The molecule has 0 saturated carbocycles. The molecule has 0 spiro atoms. The highest BCUT2D eigenvalue weighted by molar-refractivity contribution is 5.16. The summed E-state index contributed by atoms with van der Waals surface area (Å²) >= 11 is 0. The fourth-order valence-corrected chi connectivity index (χ4v) is 2.54. The van der Waals surface area contributed by atoms with Crippen LogP contribution in [0.25, 0.3) is 0 Å². The minimum Gasteiger partial charge on any atom is -0.320 e. The summed E-state index contributed by atoms with van der Waals surface area (Å²) in [6.07, 6.45) is 2.79. The Morgan fingerprint density at radius 3 is 2.21 bits per heavy atom. The first-order valence-electron chi connectivity index (χ1n) is 5.61. The van der Waals surface area contributed by atoms with Gasteiger partial charge in [-0.3, -0.25) is 0 Å². The van der Waals surface area contributed by atoms with Crippen molar-refractivity contribution < 1.29 is 4.48 Å². The fraction of sp³-hybridized carbons (Fsp3) is 0.538. The maximum absolute atomic E-state index is 2.39. The summed E-state index contributed by atoms with van der Waals surface area (Å²) in [4.78, 5) is 0. The normalized spacial score (nSPS) is 22.1. The molecule has 1 heteroatoms. The summed E-state index contributed by atoms with van der Waals surface area (Å²) in [7, 11) is 2.39. The van der Waals surface area contributed by atoms with Crippen molar-refractivity contribution in [3.8, 4) is 0 Å². The van der Waals surface area contributed by atoms with Crippen molar-refractivity contribution >= 4 is 0 Å². The second-order valence-corrected chi connectivity index (χ2v) is 4.72. The van der Waals surface area contributed by atoms with Gasteiger partial charge in [-0.25, -0.2) is 0 Å². The Bertz CT molecular complexity index is 285. The highest BCUT2D eigenvalue weighted by Gasteiger charge is 2.33. The summed E-state index contributed by atoms with van der Waals surface area (Å²) in [5.41, 5.74) is 1.48. The van der Waals surface area contributed by atoms with Gasteiger partial charge in [0.1, 0.15) is 6.04 Å². The van der Waals surface area contributed by atoms with Crippen LogP contribution in [-0.2, 0) is 0 Å². The lowest BCUT2D eigenvalue weighted by Gasteiger charge is -2.36. The Labute approximate surface area is 86.9 Å². The molecule has 2 rings (SSSR count). The van der Waals surface area contributed by atoms with Gasteiger partial charge in [-0.15, -0.1) is 0 Å². The molecule has 0 amide bonds. The maximum Gasteiger partial charge on any atom is 0.112 e. The number of nitrogens with zero attached hydrogens (tertiary/aromatic N) is 1. The zero-order chi connectivity index (χ0) is 10.0. The zero-order valence-electron chi connectivity index (χ0n) is 9.24. The molecule has 1 unspecified atom stereocenters. The topological polar surface area (TPSA) is 0 Å². The average Bonchev–Trinajstić information content (AvgIpc) is 2.67. The van der Waals surface area contributed by atoms with Crippen molar-refractivity contribution in [3.63, 3.8) is 0 Å². The van der Waals surface area contributed by atoms with E-state index in [2.05, 4.69) is 44.3 Å². The van der Waals surface area contributed by atoms with Gasteiger partial charge < -0.3 is 4.48 Å². The van der Waals surface area contributed by atoms with Gasteiger partial charge in [-0.2, -0.15) is 0 Å². The summed E-state index contributed by atoms with van der Waals surface area (Å²) in [6.45, 7) is 5.05. The second-order valence-electron chi connectivity index (χ2n) is 4.72. The Kier molecular flexibility index (Phi) is 2.60. The highest BCUT2D eigenvalue weighted by atomic mass is 15.4. The predicted molar refractivity (Wildman–Crippen MR) is 60.0 cm³/mol. The summed E-state index contributed by atoms with van der Waals surface area (Å²) in [6, 6.07) is 11.6. The lowest BCUT2D eigenvalue weighted by molar-refractivity contribution is -0.926. The Balaban J connectivity index is 2.19. The minimum absolute atomic E-state index is 0.652. The van der Waals surface area contributed by atoms with E-state index in [1.807, 2.05) is 0 Å². The molecule has 0 N–H and O–H groups in total. The van der Waals surface area contributed by atoms with Gasteiger partial charge in [0.25, 0.3) is 0 Å². The van der Waals surface area contributed by atoms with Crippen LogP contribution in [-0.4, -0.2) is 24.6 Å². The summed E-state index contributed by atoms with van der Waals surface area (Å²) in [5.74, 6) is 0. The molecular formula is C13H20N+. The van der Waals surface area contributed by atoms with Crippen LogP contribution in [0.1, 0.15) is 31.4 Å². The van der Waals surface area contributed by atoms with Crippen molar-refractivity contribution in [2.45, 2.75) is 25.8 Å². The lowest BCUT2D eigenvalue weighted by Crippen LogP contribution is -2.42. The van der Waals surface area contributed by atoms with Gasteiger partial charge in [-0.1, -0.05) is 30.3 Å². The summed E-state index contributed by atoms with van der Waals surface area (Å²) < 4.78 is 1.23. The van der Waals surface area contributed by atoms with Gasteiger partial charge in [0.2, 0.25) is 0 Å². The van der Waals surface area contributed by atoms with Crippen LogP contribution in [0.4, 0.5) is 0 Å². The number of benzene rings is 1. The molecule has 1 fully saturated rings. The molecule has 1 aromatic carbocycles. The quantitative estimate of drug-likeness (QED) is 0.629. The first kappa shape index (κ1) is 9.72. The van der Waals surface area contributed by atoms with Crippen LogP contribution in [0, 0.1) is 0 Å². The van der Waals surface area contributed by atoms with Gasteiger partial charge in [0.15, 0.2) is 0 Å². The van der Waals surface area contributed by atoms with E-state index in [4.69, 9.17) is 0 Å². The first-order chi connectivity index (χ1) is 6.72. The third-order valence-electron chi connectivity index (χ3n) is 3.80. The van der Waals surface area contributed by atoms with Crippen molar-refractivity contribution in [2.75, 3.05) is 20.1 Å². The number of likely N-dealkylation sites (tertiary alicyclic amines) is 1. The zero-order valence-corrected chi connectivity index (χ0v) is 9.24. The SMILES string of the molecule is CC(c1ccccc1)[N+]1(C)CCCC1. The highest BCUT2D eigenvalue weighted by Crippen LogP contribution is 2.31. The van der Waals surface area contributed by atoms with Crippen molar-refractivity contribution in [2.24, 2.45) is 0 Å². The summed E-state index contributed by atoms with van der Waals surface area (Å²) in [5, 5.41) is 0. The van der Waals surface area contributed by atoms with Gasteiger partial charge >= 0.3 is 0 Å². The molecule has 1 atom stereocenters. The van der Waals surface area contributed by atoms with E-state index in [-0.39, 0.29) is 0 Å². The van der Waals surface area contributed by atoms with E-state index in [1.54, 1.807) is 0 Å². The van der Waals surface area contributed by atoms with E-state index in [9.17, 15) is 0 Å². The molecule has 0 radical (unpaired) electrons. The third-order valence-corrected chi connectivity index (χ3v) is 3.80. The van der Waals surface area contributed by atoms with Crippen LogP contribution in [0.3, 0.4) is 0 Å². The number of rotatable bonds is 2. The maximum atomic E-state index is 2.39. The molecule has 1 aromatic rings. The predicted octanol–water partition coefficient (Wildman–Crippen LogP) is 2.99. The van der Waals surface area contributed by atoms with Crippen LogP contribution in [0.5, 0.6) is 0 Å². The van der Waals surface area contributed by atoms with Crippen LogP contribution < -0.4 is 0 Å². The first-order valence-corrected chi connectivity index (χ1v) is 5.61. The van der Waals surface area contributed by atoms with Crippen LogP contribution in [0.15, 0.2) is 30.3 Å². The van der Waals surface area contributed by atoms with Crippen molar-refractivity contribution in [1.29, 1.82) is 0 Å². The largest absolute Gasteiger partial charge is 0.320 e. The average molecular weight is 190 g/mol.